The first-order chi connectivity index (χ1) is 9.40. The molecule has 2 N–H and O–H groups in total. The van der Waals surface area contributed by atoms with Crippen LogP contribution in [0.1, 0.15) is 31.4 Å². The number of hydrogen-bond donors (Lipinski definition) is 2. The van der Waals surface area contributed by atoms with Crippen LogP contribution in [-0.2, 0) is 6.54 Å². The first-order valence-corrected chi connectivity index (χ1v) is 6.92. The number of rotatable bonds is 8. The minimum atomic E-state index is 0.306. The molecule has 2 rings (SSSR count). The SMILES string of the molecule is OCCCCCCNCc1cnc2ccccc2n1. The Hall–Kier alpha value is -1.52. The number of fused-ring (bicyclic) bond motifs is 1. The lowest BCUT2D eigenvalue weighted by molar-refractivity contribution is 0.282. The van der Waals surface area contributed by atoms with E-state index in [1.165, 1.54) is 0 Å². The molecular weight excluding hydrogens is 238 g/mol. The second-order valence-corrected chi connectivity index (χ2v) is 4.66. The third-order valence-corrected chi connectivity index (χ3v) is 3.07. The Morgan fingerprint density at radius 3 is 2.63 bits per heavy atom. The van der Waals surface area contributed by atoms with Gasteiger partial charge >= 0.3 is 0 Å². The predicted molar refractivity (Wildman–Crippen MR) is 76.8 cm³/mol. The van der Waals surface area contributed by atoms with Crippen LogP contribution in [0.5, 0.6) is 0 Å². The minimum Gasteiger partial charge on any atom is -0.396 e. The molecule has 0 unspecified atom stereocenters. The van der Waals surface area contributed by atoms with E-state index in [9.17, 15) is 0 Å². The van der Waals surface area contributed by atoms with E-state index in [0.29, 0.717) is 6.61 Å². The van der Waals surface area contributed by atoms with Crippen LogP contribution in [0.15, 0.2) is 30.5 Å². The fourth-order valence-electron chi connectivity index (χ4n) is 2.01. The molecule has 0 bridgehead atoms. The summed E-state index contributed by atoms with van der Waals surface area (Å²) in [6.07, 6.45) is 6.16. The van der Waals surface area contributed by atoms with Crippen LogP contribution in [0.4, 0.5) is 0 Å². The Balaban J connectivity index is 1.72. The molecule has 0 aliphatic heterocycles. The van der Waals surface area contributed by atoms with E-state index in [1.807, 2.05) is 30.5 Å². The highest BCUT2D eigenvalue weighted by molar-refractivity contribution is 5.73. The van der Waals surface area contributed by atoms with E-state index in [1.54, 1.807) is 0 Å². The van der Waals surface area contributed by atoms with Gasteiger partial charge < -0.3 is 10.4 Å². The number of aliphatic hydroxyl groups is 1. The van der Waals surface area contributed by atoms with E-state index in [0.717, 1.165) is 55.5 Å². The standard InChI is InChI=1S/C15H21N3O/c19-10-6-2-1-5-9-16-11-13-12-17-14-7-3-4-8-15(14)18-13/h3-4,7-8,12,16,19H,1-2,5-6,9-11H2. The van der Waals surface area contributed by atoms with Crippen LogP contribution >= 0.6 is 0 Å². The van der Waals surface area contributed by atoms with Crippen LogP contribution in [0, 0.1) is 0 Å². The van der Waals surface area contributed by atoms with Gasteiger partial charge in [0.2, 0.25) is 0 Å². The summed E-state index contributed by atoms with van der Waals surface area (Å²) in [5.74, 6) is 0. The Labute approximate surface area is 113 Å². The third kappa shape index (κ3) is 4.58. The molecule has 1 heterocycles. The monoisotopic (exact) mass is 259 g/mol. The molecule has 0 amide bonds. The van der Waals surface area contributed by atoms with Gasteiger partial charge in [-0.1, -0.05) is 25.0 Å². The van der Waals surface area contributed by atoms with Crippen molar-refractivity contribution in [3.63, 3.8) is 0 Å². The van der Waals surface area contributed by atoms with Crippen molar-refractivity contribution in [2.75, 3.05) is 13.2 Å². The predicted octanol–water partition coefficient (Wildman–Crippen LogP) is 2.27. The average Bonchev–Trinajstić information content (AvgIpc) is 2.46. The number of aromatic nitrogens is 2. The van der Waals surface area contributed by atoms with Gasteiger partial charge in [0.15, 0.2) is 0 Å². The molecule has 4 nitrogen and oxygen atoms in total. The van der Waals surface area contributed by atoms with Crippen LogP contribution in [0.3, 0.4) is 0 Å². The second kappa shape index (κ2) is 7.81. The molecule has 102 valence electrons. The van der Waals surface area contributed by atoms with Crippen LogP contribution < -0.4 is 5.32 Å². The zero-order valence-corrected chi connectivity index (χ0v) is 11.2. The number of unbranched alkanes of at least 4 members (excludes halogenated alkanes) is 3. The summed E-state index contributed by atoms with van der Waals surface area (Å²) in [6, 6.07) is 7.91. The summed E-state index contributed by atoms with van der Waals surface area (Å²) in [4.78, 5) is 8.95. The molecule has 0 fully saturated rings. The number of hydrogen-bond acceptors (Lipinski definition) is 4. The van der Waals surface area contributed by atoms with Gasteiger partial charge in [-0.15, -0.1) is 0 Å². The van der Waals surface area contributed by atoms with Gasteiger partial charge in [-0.05, 0) is 31.5 Å². The zero-order valence-electron chi connectivity index (χ0n) is 11.2. The maximum absolute atomic E-state index is 8.67. The van der Waals surface area contributed by atoms with E-state index < -0.39 is 0 Å². The molecular formula is C15H21N3O. The van der Waals surface area contributed by atoms with Crippen LogP contribution in [-0.4, -0.2) is 28.2 Å². The minimum absolute atomic E-state index is 0.306. The smallest absolute Gasteiger partial charge is 0.0890 e. The molecule has 1 aromatic heterocycles. The number of aliphatic hydroxyl groups excluding tert-OH is 1. The second-order valence-electron chi connectivity index (χ2n) is 4.66. The van der Waals surface area contributed by atoms with Gasteiger partial charge in [0.1, 0.15) is 0 Å². The number of nitrogens with zero attached hydrogens (tertiary/aromatic N) is 2. The van der Waals surface area contributed by atoms with Gasteiger partial charge in [-0.3, -0.25) is 4.98 Å². The molecule has 2 aromatic rings. The average molecular weight is 259 g/mol. The highest BCUT2D eigenvalue weighted by atomic mass is 16.2. The summed E-state index contributed by atoms with van der Waals surface area (Å²) in [6.45, 7) is 2.05. The van der Waals surface area contributed by atoms with Crippen molar-refractivity contribution in [2.45, 2.75) is 32.2 Å². The molecule has 0 radical (unpaired) electrons. The summed E-state index contributed by atoms with van der Waals surface area (Å²) in [7, 11) is 0. The maximum Gasteiger partial charge on any atom is 0.0890 e. The maximum atomic E-state index is 8.67. The lowest BCUT2D eigenvalue weighted by Crippen LogP contribution is -2.15. The largest absolute Gasteiger partial charge is 0.396 e. The molecule has 0 atom stereocenters. The van der Waals surface area contributed by atoms with Gasteiger partial charge in [0.25, 0.3) is 0 Å². The first kappa shape index (κ1) is 13.9. The Bertz CT molecular complexity index is 501. The molecule has 1 aromatic carbocycles. The summed E-state index contributed by atoms with van der Waals surface area (Å²) in [5, 5.41) is 12.1. The highest BCUT2D eigenvalue weighted by Gasteiger charge is 1.98. The lowest BCUT2D eigenvalue weighted by atomic mass is 10.2. The lowest BCUT2D eigenvalue weighted by Gasteiger charge is -2.05. The van der Waals surface area contributed by atoms with Crippen LogP contribution in [0.25, 0.3) is 11.0 Å². The fraction of sp³-hybridized carbons (Fsp3) is 0.467. The van der Waals surface area contributed by atoms with Gasteiger partial charge in [0, 0.05) is 13.2 Å². The summed E-state index contributed by atoms with van der Waals surface area (Å²) >= 11 is 0. The van der Waals surface area contributed by atoms with Crippen molar-refractivity contribution < 1.29 is 5.11 Å². The molecule has 19 heavy (non-hydrogen) atoms. The number of para-hydroxylation sites is 2. The molecule has 0 aliphatic rings. The summed E-state index contributed by atoms with van der Waals surface area (Å²) in [5.41, 5.74) is 2.87. The van der Waals surface area contributed by atoms with Crippen molar-refractivity contribution in [2.24, 2.45) is 0 Å². The van der Waals surface area contributed by atoms with Crippen molar-refractivity contribution in [1.82, 2.24) is 15.3 Å². The van der Waals surface area contributed by atoms with Gasteiger partial charge in [0.05, 0.1) is 22.9 Å². The van der Waals surface area contributed by atoms with Gasteiger partial charge in [-0.25, -0.2) is 4.98 Å². The van der Waals surface area contributed by atoms with Crippen molar-refractivity contribution in [1.29, 1.82) is 0 Å². The Kier molecular flexibility index (Phi) is 5.72. The van der Waals surface area contributed by atoms with Crippen molar-refractivity contribution >= 4 is 11.0 Å². The van der Waals surface area contributed by atoms with E-state index in [2.05, 4.69) is 15.3 Å². The number of benzene rings is 1. The Morgan fingerprint density at radius 2 is 1.79 bits per heavy atom. The quantitative estimate of drug-likeness (QED) is 0.714. The summed E-state index contributed by atoms with van der Waals surface area (Å²) < 4.78 is 0. The van der Waals surface area contributed by atoms with E-state index in [4.69, 9.17) is 5.11 Å². The number of nitrogens with one attached hydrogen (secondary N) is 1. The first-order valence-electron chi connectivity index (χ1n) is 6.92. The highest BCUT2D eigenvalue weighted by Crippen LogP contribution is 2.08. The third-order valence-electron chi connectivity index (χ3n) is 3.07. The topological polar surface area (TPSA) is 58.0 Å². The molecule has 4 heteroatoms. The van der Waals surface area contributed by atoms with Crippen molar-refractivity contribution in [3.8, 4) is 0 Å². The molecule has 0 spiro atoms. The van der Waals surface area contributed by atoms with Crippen LogP contribution in [0.2, 0.25) is 0 Å². The Morgan fingerprint density at radius 1 is 1.00 bits per heavy atom. The van der Waals surface area contributed by atoms with E-state index >= 15 is 0 Å². The zero-order chi connectivity index (χ0) is 13.3. The molecule has 0 aliphatic carbocycles. The van der Waals surface area contributed by atoms with E-state index in [-0.39, 0.29) is 0 Å². The van der Waals surface area contributed by atoms with Crippen molar-refractivity contribution in [3.05, 3.63) is 36.2 Å². The normalized spacial score (nSPS) is 11.0. The van der Waals surface area contributed by atoms with Gasteiger partial charge in [-0.2, -0.15) is 0 Å². The molecule has 0 saturated heterocycles. The molecule has 0 saturated carbocycles. The fourth-order valence-corrected chi connectivity index (χ4v) is 2.01.